The number of amides is 3. The van der Waals surface area contributed by atoms with E-state index in [-0.39, 0.29) is 18.0 Å². The van der Waals surface area contributed by atoms with Gasteiger partial charge in [0.25, 0.3) is 0 Å². The van der Waals surface area contributed by atoms with Gasteiger partial charge in [0, 0.05) is 24.9 Å². The lowest BCUT2D eigenvalue weighted by Gasteiger charge is -2.12. The van der Waals surface area contributed by atoms with Crippen molar-refractivity contribution in [3.63, 3.8) is 0 Å². The molecule has 3 amide bonds. The maximum absolute atomic E-state index is 11.7. The van der Waals surface area contributed by atoms with Gasteiger partial charge in [-0.15, -0.1) is 0 Å². The fourth-order valence-corrected chi connectivity index (χ4v) is 1.88. The van der Waals surface area contributed by atoms with Crippen LogP contribution in [0.25, 0.3) is 0 Å². The molecule has 6 nitrogen and oxygen atoms in total. The van der Waals surface area contributed by atoms with Crippen LogP contribution in [0, 0.1) is 0 Å². The first-order chi connectivity index (χ1) is 9.13. The Morgan fingerprint density at radius 1 is 1.26 bits per heavy atom. The molecule has 1 aliphatic heterocycles. The molecule has 1 fully saturated rings. The highest BCUT2D eigenvalue weighted by Gasteiger charge is 2.17. The minimum Gasteiger partial charge on any atom is -0.379 e. The molecule has 1 aromatic carbocycles. The van der Waals surface area contributed by atoms with Gasteiger partial charge in [-0.3, -0.25) is 4.79 Å². The van der Waals surface area contributed by atoms with E-state index in [2.05, 4.69) is 16.0 Å². The van der Waals surface area contributed by atoms with Gasteiger partial charge in [0.15, 0.2) is 0 Å². The van der Waals surface area contributed by atoms with Crippen LogP contribution in [0.5, 0.6) is 0 Å². The fourth-order valence-electron chi connectivity index (χ4n) is 1.88. The molecule has 2 rings (SSSR count). The van der Waals surface area contributed by atoms with Gasteiger partial charge in [-0.1, -0.05) is 6.07 Å². The lowest BCUT2D eigenvalue weighted by Crippen LogP contribution is -2.38. The topological polar surface area (TPSA) is 79.5 Å². The number of urea groups is 1. The van der Waals surface area contributed by atoms with Gasteiger partial charge in [-0.05, 0) is 24.6 Å². The summed E-state index contributed by atoms with van der Waals surface area (Å²) in [6.45, 7) is 2.68. The number of ether oxygens (including phenoxy) is 1. The monoisotopic (exact) mass is 263 g/mol. The molecule has 1 atom stereocenters. The number of hydrogen-bond acceptors (Lipinski definition) is 3. The summed E-state index contributed by atoms with van der Waals surface area (Å²) in [6, 6.07) is 6.78. The van der Waals surface area contributed by atoms with Gasteiger partial charge in [-0.25, -0.2) is 4.79 Å². The molecule has 0 aromatic heterocycles. The first-order valence-corrected chi connectivity index (χ1v) is 6.16. The Hall–Kier alpha value is -2.08. The smallest absolute Gasteiger partial charge is 0.319 e. The van der Waals surface area contributed by atoms with E-state index < -0.39 is 0 Å². The van der Waals surface area contributed by atoms with E-state index in [0.29, 0.717) is 24.6 Å². The molecule has 0 radical (unpaired) electrons. The number of nitrogens with one attached hydrogen (secondary N) is 3. The van der Waals surface area contributed by atoms with E-state index in [4.69, 9.17) is 4.74 Å². The van der Waals surface area contributed by atoms with E-state index in [1.165, 1.54) is 6.92 Å². The van der Waals surface area contributed by atoms with Crippen LogP contribution in [0.15, 0.2) is 24.3 Å². The molecule has 1 saturated heterocycles. The van der Waals surface area contributed by atoms with Crippen molar-refractivity contribution in [1.29, 1.82) is 0 Å². The lowest BCUT2D eigenvalue weighted by atomic mass is 10.2. The van der Waals surface area contributed by atoms with Crippen molar-refractivity contribution in [1.82, 2.24) is 5.32 Å². The van der Waals surface area contributed by atoms with Crippen LogP contribution in [-0.4, -0.2) is 31.2 Å². The Labute approximate surface area is 111 Å². The van der Waals surface area contributed by atoms with E-state index in [1.807, 2.05) is 0 Å². The standard InChI is InChI=1S/C13H17N3O3/c1-9(17)14-10-3-2-4-11(7-10)15-13(18)16-12-5-6-19-8-12/h2-4,7,12H,5-6,8H2,1H3,(H,14,17)(H2,15,16,18). The third-order valence-electron chi connectivity index (χ3n) is 2.71. The van der Waals surface area contributed by atoms with Crippen LogP contribution in [0.2, 0.25) is 0 Å². The van der Waals surface area contributed by atoms with Crippen LogP contribution in [0.1, 0.15) is 13.3 Å². The van der Waals surface area contributed by atoms with Crippen molar-refractivity contribution in [2.75, 3.05) is 23.8 Å². The highest BCUT2D eigenvalue weighted by Crippen LogP contribution is 2.15. The summed E-state index contributed by atoms with van der Waals surface area (Å²) in [7, 11) is 0. The maximum atomic E-state index is 11.7. The van der Waals surface area contributed by atoms with Gasteiger partial charge >= 0.3 is 6.03 Å². The van der Waals surface area contributed by atoms with Gasteiger partial charge in [0.1, 0.15) is 0 Å². The van der Waals surface area contributed by atoms with Gasteiger partial charge in [0.05, 0.1) is 12.6 Å². The summed E-state index contributed by atoms with van der Waals surface area (Å²) in [5.74, 6) is -0.148. The fraction of sp³-hybridized carbons (Fsp3) is 0.385. The quantitative estimate of drug-likeness (QED) is 0.774. The molecule has 1 aliphatic rings. The van der Waals surface area contributed by atoms with Crippen molar-refractivity contribution in [2.24, 2.45) is 0 Å². The van der Waals surface area contributed by atoms with Crippen molar-refractivity contribution >= 4 is 23.3 Å². The van der Waals surface area contributed by atoms with Crippen LogP contribution < -0.4 is 16.0 Å². The SMILES string of the molecule is CC(=O)Nc1cccc(NC(=O)NC2CCOC2)c1. The predicted octanol–water partition coefficient (Wildman–Crippen LogP) is 1.56. The van der Waals surface area contributed by atoms with Crippen molar-refractivity contribution < 1.29 is 14.3 Å². The van der Waals surface area contributed by atoms with E-state index in [9.17, 15) is 9.59 Å². The Morgan fingerprint density at radius 2 is 2.00 bits per heavy atom. The van der Waals surface area contributed by atoms with Crippen LogP contribution in [0.4, 0.5) is 16.2 Å². The first-order valence-electron chi connectivity index (χ1n) is 6.16. The summed E-state index contributed by atoms with van der Waals surface area (Å²) in [4.78, 5) is 22.7. The molecule has 6 heteroatoms. The number of benzene rings is 1. The number of anilines is 2. The van der Waals surface area contributed by atoms with E-state index >= 15 is 0 Å². The summed E-state index contributed by atoms with van der Waals surface area (Å²) in [6.07, 6.45) is 0.833. The van der Waals surface area contributed by atoms with Crippen molar-refractivity contribution in [3.05, 3.63) is 24.3 Å². The largest absolute Gasteiger partial charge is 0.379 e. The normalized spacial score (nSPS) is 17.8. The third-order valence-corrected chi connectivity index (χ3v) is 2.71. The molecule has 3 N–H and O–H groups in total. The van der Waals surface area contributed by atoms with Crippen molar-refractivity contribution in [2.45, 2.75) is 19.4 Å². The molecule has 19 heavy (non-hydrogen) atoms. The highest BCUT2D eigenvalue weighted by atomic mass is 16.5. The Balaban J connectivity index is 1.90. The van der Waals surface area contributed by atoms with Crippen molar-refractivity contribution in [3.8, 4) is 0 Å². The molecule has 102 valence electrons. The minimum atomic E-state index is -0.268. The molecular weight excluding hydrogens is 246 g/mol. The minimum absolute atomic E-state index is 0.0681. The number of carbonyl (C=O) groups excluding carboxylic acids is 2. The molecule has 0 aliphatic carbocycles. The molecule has 1 unspecified atom stereocenters. The highest BCUT2D eigenvalue weighted by molar-refractivity contribution is 5.92. The molecule has 0 bridgehead atoms. The van der Waals surface area contributed by atoms with Crippen LogP contribution >= 0.6 is 0 Å². The second-order valence-corrected chi connectivity index (χ2v) is 4.42. The summed E-state index contributed by atoms with van der Waals surface area (Å²) < 4.78 is 5.18. The molecule has 0 spiro atoms. The summed E-state index contributed by atoms with van der Waals surface area (Å²) in [5, 5.41) is 8.21. The zero-order chi connectivity index (χ0) is 13.7. The predicted molar refractivity (Wildman–Crippen MR) is 72.1 cm³/mol. The Bertz CT molecular complexity index is 470. The number of rotatable bonds is 3. The molecular formula is C13H17N3O3. The lowest BCUT2D eigenvalue weighted by molar-refractivity contribution is -0.114. The van der Waals surface area contributed by atoms with E-state index in [1.54, 1.807) is 24.3 Å². The van der Waals surface area contributed by atoms with Crippen LogP contribution in [0.3, 0.4) is 0 Å². The average molecular weight is 263 g/mol. The zero-order valence-corrected chi connectivity index (χ0v) is 10.7. The second-order valence-electron chi connectivity index (χ2n) is 4.42. The Kier molecular flexibility index (Phi) is 4.35. The molecule has 0 saturated carbocycles. The molecule has 1 aromatic rings. The van der Waals surface area contributed by atoms with Gasteiger partial charge < -0.3 is 20.7 Å². The molecule has 1 heterocycles. The maximum Gasteiger partial charge on any atom is 0.319 e. The summed E-state index contributed by atoms with van der Waals surface area (Å²) >= 11 is 0. The summed E-state index contributed by atoms with van der Waals surface area (Å²) in [5.41, 5.74) is 1.28. The second kappa shape index (κ2) is 6.19. The van der Waals surface area contributed by atoms with Crippen LogP contribution in [-0.2, 0) is 9.53 Å². The van der Waals surface area contributed by atoms with Gasteiger partial charge in [-0.2, -0.15) is 0 Å². The average Bonchev–Trinajstić information content (AvgIpc) is 2.81. The zero-order valence-electron chi connectivity index (χ0n) is 10.7. The first kappa shape index (κ1) is 13.4. The Morgan fingerprint density at radius 3 is 2.63 bits per heavy atom. The number of carbonyl (C=O) groups is 2. The van der Waals surface area contributed by atoms with Gasteiger partial charge in [0.2, 0.25) is 5.91 Å². The van der Waals surface area contributed by atoms with E-state index in [0.717, 1.165) is 6.42 Å². The number of hydrogen-bond donors (Lipinski definition) is 3. The third kappa shape index (κ3) is 4.26.